The van der Waals surface area contributed by atoms with Crippen LogP contribution in [-0.4, -0.2) is 7.05 Å². The van der Waals surface area contributed by atoms with E-state index < -0.39 is 0 Å². The molecule has 0 amide bonds. The zero-order chi connectivity index (χ0) is 11.4. The third-order valence-corrected chi connectivity index (χ3v) is 2.94. The maximum absolute atomic E-state index is 13.6. The minimum Gasteiger partial charge on any atom is -0.313 e. The number of nitrogens with one attached hydrogen (secondary N) is 1. The molecule has 1 aromatic carbocycles. The molecule has 0 aromatic heterocycles. The van der Waals surface area contributed by atoms with Gasteiger partial charge in [-0.05, 0) is 32.5 Å². The molecule has 0 aliphatic heterocycles. The molecular formula is C12H15BrFN. The molecule has 1 rings (SSSR count). The average molecular weight is 272 g/mol. The van der Waals surface area contributed by atoms with Crippen LogP contribution in [0, 0.1) is 5.82 Å². The molecule has 0 heterocycles. The third-order valence-electron chi connectivity index (χ3n) is 2.25. The monoisotopic (exact) mass is 271 g/mol. The molecule has 0 aliphatic rings. The van der Waals surface area contributed by atoms with Crippen LogP contribution in [-0.2, 0) is 0 Å². The van der Waals surface area contributed by atoms with Crippen molar-refractivity contribution in [1.29, 1.82) is 0 Å². The number of benzene rings is 1. The van der Waals surface area contributed by atoms with Crippen molar-refractivity contribution in [2.45, 2.75) is 19.4 Å². The highest BCUT2D eigenvalue weighted by Gasteiger charge is 2.16. The van der Waals surface area contributed by atoms with E-state index in [2.05, 4.69) is 27.8 Å². The van der Waals surface area contributed by atoms with E-state index in [1.165, 1.54) is 6.07 Å². The zero-order valence-corrected chi connectivity index (χ0v) is 10.6. The van der Waals surface area contributed by atoms with Crippen molar-refractivity contribution in [2.24, 2.45) is 0 Å². The van der Waals surface area contributed by atoms with Gasteiger partial charge in [0.15, 0.2) is 0 Å². The highest BCUT2D eigenvalue weighted by Crippen LogP contribution is 2.29. The van der Waals surface area contributed by atoms with Gasteiger partial charge in [0.1, 0.15) is 5.82 Å². The Morgan fingerprint density at radius 2 is 2.27 bits per heavy atom. The summed E-state index contributed by atoms with van der Waals surface area (Å²) in [5, 5.41) is 3.10. The molecule has 1 atom stereocenters. The first kappa shape index (κ1) is 12.4. The summed E-state index contributed by atoms with van der Waals surface area (Å²) in [5.74, 6) is -0.190. The summed E-state index contributed by atoms with van der Waals surface area (Å²) in [6, 6.07) is 4.98. The van der Waals surface area contributed by atoms with E-state index in [-0.39, 0.29) is 11.9 Å². The predicted molar refractivity (Wildman–Crippen MR) is 65.3 cm³/mol. The molecule has 0 saturated heterocycles. The lowest BCUT2D eigenvalue weighted by Gasteiger charge is -2.18. The van der Waals surface area contributed by atoms with Gasteiger partial charge in [0.05, 0.1) is 0 Å². The Labute approximate surface area is 98.5 Å². The van der Waals surface area contributed by atoms with Crippen LogP contribution in [0.2, 0.25) is 0 Å². The van der Waals surface area contributed by atoms with Gasteiger partial charge in [0.2, 0.25) is 0 Å². The second kappa shape index (κ2) is 5.42. The number of hydrogen-bond acceptors (Lipinski definition) is 1. The standard InChI is InChI=1S/C12H15BrFN/c1-8(2)7-11(15-3)12-9(13)5-4-6-10(12)14/h4-6,11,15H,1,7H2,2-3H3. The maximum atomic E-state index is 13.6. The van der Waals surface area contributed by atoms with Crippen molar-refractivity contribution in [1.82, 2.24) is 5.32 Å². The summed E-state index contributed by atoms with van der Waals surface area (Å²) < 4.78 is 14.4. The topological polar surface area (TPSA) is 12.0 Å². The van der Waals surface area contributed by atoms with Crippen molar-refractivity contribution >= 4 is 15.9 Å². The summed E-state index contributed by atoms with van der Waals surface area (Å²) in [4.78, 5) is 0. The highest BCUT2D eigenvalue weighted by molar-refractivity contribution is 9.10. The van der Waals surface area contributed by atoms with E-state index in [9.17, 15) is 4.39 Å². The van der Waals surface area contributed by atoms with E-state index in [1.54, 1.807) is 6.07 Å². The fourth-order valence-electron chi connectivity index (χ4n) is 1.54. The van der Waals surface area contributed by atoms with Gasteiger partial charge < -0.3 is 5.32 Å². The third kappa shape index (κ3) is 3.14. The molecule has 0 aliphatic carbocycles. The molecule has 0 fully saturated rings. The van der Waals surface area contributed by atoms with Crippen LogP contribution in [0.3, 0.4) is 0 Å². The normalized spacial score (nSPS) is 12.5. The van der Waals surface area contributed by atoms with Crippen LogP contribution in [0.4, 0.5) is 4.39 Å². The molecule has 1 nitrogen and oxygen atoms in total. The van der Waals surface area contributed by atoms with Gasteiger partial charge in [0.25, 0.3) is 0 Å². The Bertz CT molecular complexity index is 342. The molecule has 0 radical (unpaired) electrons. The fourth-order valence-corrected chi connectivity index (χ4v) is 2.16. The zero-order valence-electron chi connectivity index (χ0n) is 8.98. The lowest BCUT2D eigenvalue weighted by atomic mass is 10.00. The lowest BCUT2D eigenvalue weighted by molar-refractivity contribution is 0.530. The van der Waals surface area contributed by atoms with Gasteiger partial charge in [-0.2, -0.15) is 0 Å². The minimum atomic E-state index is -0.190. The fraction of sp³-hybridized carbons (Fsp3) is 0.333. The van der Waals surface area contributed by atoms with E-state index in [1.807, 2.05) is 20.0 Å². The van der Waals surface area contributed by atoms with Crippen molar-refractivity contribution in [3.05, 3.63) is 46.2 Å². The first-order valence-corrected chi connectivity index (χ1v) is 5.61. The predicted octanol–water partition coefficient (Wildman–Crippen LogP) is 3.81. The first-order chi connectivity index (χ1) is 7.06. The van der Waals surface area contributed by atoms with Crippen LogP contribution in [0.5, 0.6) is 0 Å². The van der Waals surface area contributed by atoms with Gasteiger partial charge in [-0.3, -0.25) is 0 Å². The number of rotatable bonds is 4. The van der Waals surface area contributed by atoms with Crippen molar-refractivity contribution in [3.63, 3.8) is 0 Å². The summed E-state index contributed by atoms with van der Waals surface area (Å²) >= 11 is 3.37. The second-order valence-corrected chi connectivity index (χ2v) is 4.49. The maximum Gasteiger partial charge on any atom is 0.129 e. The first-order valence-electron chi connectivity index (χ1n) is 4.81. The van der Waals surface area contributed by atoms with Gasteiger partial charge in [-0.25, -0.2) is 4.39 Å². The molecule has 0 spiro atoms. The van der Waals surface area contributed by atoms with Gasteiger partial charge >= 0.3 is 0 Å². The molecule has 3 heteroatoms. The quantitative estimate of drug-likeness (QED) is 0.822. The van der Waals surface area contributed by atoms with E-state index in [0.29, 0.717) is 5.56 Å². The SMILES string of the molecule is C=C(C)CC(NC)c1c(F)cccc1Br. The highest BCUT2D eigenvalue weighted by atomic mass is 79.9. The van der Waals surface area contributed by atoms with Gasteiger partial charge in [0, 0.05) is 16.1 Å². The molecule has 82 valence electrons. The smallest absolute Gasteiger partial charge is 0.129 e. The van der Waals surface area contributed by atoms with Gasteiger partial charge in [-0.15, -0.1) is 6.58 Å². The van der Waals surface area contributed by atoms with Gasteiger partial charge in [-0.1, -0.05) is 27.6 Å². The van der Waals surface area contributed by atoms with Crippen molar-refractivity contribution < 1.29 is 4.39 Å². The Kier molecular flexibility index (Phi) is 4.48. The summed E-state index contributed by atoms with van der Waals surface area (Å²) in [5.41, 5.74) is 1.70. The summed E-state index contributed by atoms with van der Waals surface area (Å²) in [6.07, 6.45) is 0.732. The molecule has 1 unspecified atom stereocenters. The second-order valence-electron chi connectivity index (χ2n) is 3.64. The number of hydrogen-bond donors (Lipinski definition) is 1. The Hall–Kier alpha value is -0.670. The Morgan fingerprint density at radius 3 is 2.73 bits per heavy atom. The lowest BCUT2D eigenvalue weighted by Crippen LogP contribution is -2.18. The minimum absolute atomic E-state index is 0.0296. The number of halogens is 2. The van der Waals surface area contributed by atoms with Crippen molar-refractivity contribution in [3.8, 4) is 0 Å². The van der Waals surface area contributed by atoms with E-state index >= 15 is 0 Å². The summed E-state index contributed by atoms with van der Waals surface area (Å²) in [7, 11) is 1.83. The molecule has 0 saturated carbocycles. The molecular weight excluding hydrogens is 257 g/mol. The van der Waals surface area contributed by atoms with Crippen LogP contribution in [0.1, 0.15) is 24.9 Å². The molecule has 15 heavy (non-hydrogen) atoms. The molecule has 1 N–H and O–H groups in total. The van der Waals surface area contributed by atoms with E-state index in [4.69, 9.17) is 0 Å². The Balaban J connectivity index is 3.05. The molecule has 0 bridgehead atoms. The van der Waals surface area contributed by atoms with E-state index in [0.717, 1.165) is 16.5 Å². The van der Waals surface area contributed by atoms with Crippen LogP contribution >= 0.6 is 15.9 Å². The van der Waals surface area contributed by atoms with Crippen LogP contribution in [0.25, 0.3) is 0 Å². The average Bonchev–Trinajstić information content (AvgIpc) is 2.15. The largest absolute Gasteiger partial charge is 0.313 e. The summed E-state index contributed by atoms with van der Waals surface area (Å²) in [6.45, 7) is 5.79. The van der Waals surface area contributed by atoms with Crippen LogP contribution in [0.15, 0.2) is 34.8 Å². The van der Waals surface area contributed by atoms with Crippen LogP contribution < -0.4 is 5.32 Å². The Morgan fingerprint density at radius 1 is 1.60 bits per heavy atom. The van der Waals surface area contributed by atoms with Crippen molar-refractivity contribution in [2.75, 3.05) is 7.05 Å². The molecule has 1 aromatic rings.